The first-order chi connectivity index (χ1) is 26.2. The van der Waals surface area contributed by atoms with Gasteiger partial charge in [0.25, 0.3) is 0 Å². The monoisotopic (exact) mass is 777 g/mol. The number of benzene rings is 1. The molecule has 6 rings (SSSR count). The van der Waals surface area contributed by atoms with Gasteiger partial charge in [0, 0.05) is 56.7 Å². The number of carboxylic acids is 1. The van der Waals surface area contributed by atoms with Crippen molar-refractivity contribution in [2.75, 3.05) is 46.1 Å². The maximum atomic E-state index is 14.6. The van der Waals surface area contributed by atoms with Crippen molar-refractivity contribution in [1.82, 2.24) is 29.2 Å². The number of fused-ring (bicyclic) bond motifs is 2. The van der Waals surface area contributed by atoms with E-state index in [0.717, 1.165) is 33.6 Å². The van der Waals surface area contributed by atoms with Gasteiger partial charge in [0.05, 0.1) is 38.4 Å². The molecule has 0 unspecified atom stereocenters. The number of amides is 1. The van der Waals surface area contributed by atoms with Gasteiger partial charge in [0.15, 0.2) is 5.65 Å². The lowest BCUT2D eigenvalue weighted by molar-refractivity contribution is -0.147. The molecule has 0 radical (unpaired) electrons. The summed E-state index contributed by atoms with van der Waals surface area (Å²) < 4.78 is 50.1. The molecule has 1 spiro atoms. The average molecular weight is 778 g/mol. The molecule has 296 valence electrons. The number of hydrogen-bond acceptors (Lipinski definition) is 11. The van der Waals surface area contributed by atoms with Crippen LogP contribution < -0.4 is 15.8 Å². The molecule has 1 atom stereocenters. The molecule has 15 nitrogen and oxygen atoms in total. The van der Waals surface area contributed by atoms with Crippen LogP contribution in [0.4, 0.5) is 0 Å². The number of carbonyl (C=O) groups excluding carboxylic acids is 1. The van der Waals surface area contributed by atoms with Crippen molar-refractivity contribution in [2.24, 2.45) is 11.1 Å². The minimum Gasteiger partial charge on any atom is -0.481 e. The highest BCUT2D eigenvalue weighted by atomic mass is 32.2. The molecule has 4 N–H and O–H groups in total. The Bertz CT molecular complexity index is 2160. The van der Waals surface area contributed by atoms with E-state index in [1.807, 2.05) is 55.6 Å². The second kappa shape index (κ2) is 16.3. The van der Waals surface area contributed by atoms with Crippen molar-refractivity contribution in [1.29, 1.82) is 0 Å². The highest BCUT2D eigenvalue weighted by Gasteiger charge is 2.46. The van der Waals surface area contributed by atoms with Gasteiger partial charge in [0.2, 0.25) is 21.8 Å². The summed E-state index contributed by atoms with van der Waals surface area (Å²) in [5.41, 5.74) is 8.40. The third-order valence-electron chi connectivity index (χ3n) is 10.8. The Balaban J connectivity index is 1.33. The van der Waals surface area contributed by atoms with E-state index in [9.17, 15) is 23.1 Å². The Hall–Kier alpha value is -4.48. The van der Waals surface area contributed by atoms with Crippen LogP contribution in [0.25, 0.3) is 5.65 Å². The Morgan fingerprint density at radius 3 is 2.58 bits per heavy atom. The number of pyridine rings is 2. The van der Waals surface area contributed by atoms with Crippen LogP contribution in [0.5, 0.6) is 5.88 Å². The number of nitrogens with two attached hydrogens (primary N) is 1. The Morgan fingerprint density at radius 2 is 1.85 bits per heavy atom. The van der Waals surface area contributed by atoms with Gasteiger partial charge in [0.1, 0.15) is 16.3 Å². The molecule has 4 aromatic rings. The van der Waals surface area contributed by atoms with E-state index in [-0.39, 0.29) is 42.6 Å². The number of rotatable bonds is 14. The van der Waals surface area contributed by atoms with Crippen molar-refractivity contribution < 1.29 is 37.3 Å². The zero-order valence-electron chi connectivity index (χ0n) is 32.1. The SMILES string of the molecule is Cc1ccc([C@H](c2ccn3c(C)nnc3c2C)C(C)(C)C(=O)O)cc1CN1CC2(CCOCC2)Oc2nc(CCC(=O)NCCOCCN)ccc2S1(=O)=O. The van der Waals surface area contributed by atoms with Crippen LogP contribution in [0.1, 0.15) is 78.4 Å². The molecule has 3 aromatic heterocycles. The fourth-order valence-corrected chi connectivity index (χ4v) is 8.99. The Morgan fingerprint density at radius 1 is 1.09 bits per heavy atom. The molecular formula is C39H51N7O8S. The minimum absolute atomic E-state index is 0.0147. The Kier molecular flexibility index (Phi) is 11.9. The molecule has 1 fully saturated rings. The normalized spacial score (nSPS) is 17.3. The largest absolute Gasteiger partial charge is 0.481 e. The van der Waals surface area contributed by atoms with Crippen LogP contribution in [0.15, 0.2) is 47.5 Å². The number of aliphatic carboxylic acids is 1. The lowest BCUT2D eigenvalue weighted by Crippen LogP contribution is -2.50. The molecular weight excluding hydrogens is 727 g/mol. The van der Waals surface area contributed by atoms with Crippen molar-refractivity contribution in [3.05, 3.63) is 81.9 Å². The molecule has 0 saturated carbocycles. The van der Waals surface area contributed by atoms with Gasteiger partial charge in [-0.25, -0.2) is 13.4 Å². The van der Waals surface area contributed by atoms with E-state index in [4.69, 9.17) is 19.9 Å². The number of ether oxygens (including phenoxy) is 3. The molecule has 0 aliphatic carbocycles. The van der Waals surface area contributed by atoms with Gasteiger partial charge < -0.3 is 30.4 Å². The predicted octanol–water partition coefficient (Wildman–Crippen LogP) is 3.45. The van der Waals surface area contributed by atoms with Gasteiger partial charge in [-0.1, -0.05) is 18.2 Å². The van der Waals surface area contributed by atoms with Crippen molar-refractivity contribution >= 4 is 27.5 Å². The first kappa shape index (κ1) is 40.2. The second-order valence-electron chi connectivity index (χ2n) is 15.0. The van der Waals surface area contributed by atoms with Crippen molar-refractivity contribution in [3.63, 3.8) is 0 Å². The number of nitrogens with zero attached hydrogens (tertiary/aromatic N) is 5. The molecule has 0 bridgehead atoms. The fourth-order valence-electron chi connectivity index (χ4n) is 7.44. The number of nitrogens with one attached hydrogen (secondary N) is 1. The highest BCUT2D eigenvalue weighted by Crippen LogP contribution is 2.44. The van der Waals surface area contributed by atoms with Gasteiger partial charge >= 0.3 is 5.97 Å². The summed E-state index contributed by atoms with van der Waals surface area (Å²) in [4.78, 5) is 30.0. The van der Waals surface area contributed by atoms with Crippen molar-refractivity contribution in [2.45, 2.75) is 83.3 Å². The molecule has 5 heterocycles. The van der Waals surface area contributed by atoms with Gasteiger partial charge in [-0.15, -0.1) is 10.2 Å². The minimum atomic E-state index is -4.14. The lowest BCUT2D eigenvalue weighted by atomic mass is 9.70. The predicted molar refractivity (Wildman–Crippen MR) is 203 cm³/mol. The fraction of sp³-hybridized carbons (Fsp3) is 0.513. The molecule has 16 heteroatoms. The zero-order valence-corrected chi connectivity index (χ0v) is 32.9. The first-order valence-electron chi connectivity index (χ1n) is 18.6. The standard InChI is InChI=1S/C39H51N7O8S/c1-25-6-7-28(34(38(4,5)37(48)49)31-12-17-46-27(3)43-44-35(46)26(31)2)22-29(25)23-45-24-39(13-18-52-19-14-39)54-36-32(55(45,50)51)10-8-30(42-36)9-11-33(47)41-16-21-53-20-15-40/h6-8,10,12,17,22,34H,9,11,13-16,18-21,23-24,40H2,1-5H3,(H,41,47)(H,48,49)/t34-/m1/s1. The maximum Gasteiger partial charge on any atom is 0.310 e. The molecule has 1 saturated heterocycles. The first-order valence-corrected chi connectivity index (χ1v) is 20.1. The van der Waals surface area contributed by atoms with Crippen LogP contribution in [0.3, 0.4) is 0 Å². The van der Waals surface area contributed by atoms with E-state index >= 15 is 0 Å². The maximum absolute atomic E-state index is 14.6. The summed E-state index contributed by atoms with van der Waals surface area (Å²) in [6, 6.07) is 10.8. The van der Waals surface area contributed by atoms with Crippen LogP contribution in [0, 0.1) is 26.2 Å². The van der Waals surface area contributed by atoms with Crippen LogP contribution in [0.2, 0.25) is 0 Å². The molecule has 2 aliphatic rings. The third-order valence-corrected chi connectivity index (χ3v) is 12.6. The Labute approximate surface area is 321 Å². The average Bonchev–Trinajstić information content (AvgIpc) is 3.50. The van der Waals surface area contributed by atoms with E-state index in [0.29, 0.717) is 63.7 Å². The van der Waals surface area contributed by atoms with Gasteiger partial charge in [-0.2, -0.15) is 4.31 Å². The third kappa shape index (κ3) is 8.38. The summed E-state index contributed by atoms with van der Waals surface area (Å²) in [5.74, 6) is -1.02. The van der Waals surface area contributed by atoms with E-state index < -0.39 is 32.9 Å². The van der Waals surface area contributed by atoms with Crippen LogP contribution >= 0.6 is 0 Å². The van der Waals surface area contributed by atoms with Gasteiger partial charge in [-0.05, 0) is 87.1 Å². The summed E-state index contributed by atoms with van der Waals surface area (Å²) in [6.45, 7) is 11.5. The van der Waals surface area contributed by atoms with Crippen LogP contribution in [-0.4, -0.2) is 101 Å². The van der Waals surface area contributed by atoms with E-state index in [1.165, 1.54) is 10.4 Å². The highest BCUT2D eigenvalue weighted by molar-refractivity contribution is 7.89. The number of carbonyl (C=O) groups is 2. The van der Waals surface area contributed by atoms with E-state index in [2.05, 4.69) is 20.5 Å². The quantitative estimate of drug-likeness (QED) is 0.158. The van der Waals surface area contributed by atoms with Gasteiger partial charge in [-0.3, -0.25) is 14.0 Å². The number of carboxylic acid groups (broad SMARTS) is 1. The van der Waals surface area contributed by atoms with E-state index in [1.54, 1.807) is 19.9 Å². The smallest absolute Gasteiger partial charge is 0.310 e. The number of aryl methyl sites for hydroxylation is 4. The summed E-state index contributed by atoms with van der Waals surface area (Å²) in [7, 11) is -4.14. The summed E-state index contributed by atoms with van der Waals surface area (Å²) in [5, 5.41) is 21.9. The molecule has 2 aliphatic heterocycles. The molecule has 1 aromatic carbocycles. The van der Waals surface area contributed by atoms with Crippen LogP contribution in [-0.2, 0) is 42.1 Å². The summed E-state index contributed by atoms with van der Waals surface area (Å²) in [6.07, 6.45) is 3.21. The number of sulfonamides is 1. The molecule has 55 heavy (non-hydrogen) atoms. The zero-order chi connectivity index (χ0) is 39.5. The number of hydrogen-bond donors (Lipinski definition) is 3. The summed E-state index contributed by atoms with van der Waals surface area (Å²) >= 11 is 0. The topological polar surface area (TPSA) is 201 Å². The molecule has 1 amide bonds. The number of aromatic nitrogens is 4. The van der Waals surface area contributed by atoms with Crippen molar-refractivity contribution in [3.8, 4) is 5.88 Å². The lowest BCUT2D eigenvalue weighted by Gasteiger charge is -2.38. The second-order valence-corrected chi connectivity index (χ2v) is 16.9.